The highest BCUT2D eigenvalue weighted by Gasteiger charge is 2.18. The summed E-state index contributed by atoms with van der Waals surface area (Å²) >= 11 is 0. The molecular formula is C17H16FNO4. The van der Waals surface area contributed by atoms with Gasteiger partial charge in [0.25, 0.3) is 5.91 Å². The van der Waals surface area contributed by atoms with Gasteiger partial charge in [-0.2, -0.15) is 0 Å². The smallest absolute Gasteiger partial charge is 0.311 e. The minimum absolute atomic E-state index is 0.00551. The van der Waals surface area contributed by atoms with Crippen LogP contribution in [0.2, 0.25) is 0 Å². The number of phenolic OH excluding ortho intramolecular Hbond substituents is 1. The van der Waals surface area contributed by atoms with Crippen LogP contribution < -0.4 is 5.32 Å². The minimum atomic E-state index is -0.982. The van der Waals surface area contributed by atoms with E-state index < -0.39 is 23.8 Å². The molecule has 120 valence electrons. The van der Waals surface area contributed by atoms with Crippen LogP contribution in [0.3, 0.4) is 0 Å². The van der Waals surface area contributed by atoms with E-state index in [4.69, 9.17) is 4.74 Å². The Labute approximate surface area is 132 Å². The molecule has 0 heterocycles. The molecule has 0 fully saturated rings. The van der Waals surface area contributed by atoms with Gasteiger partial charge in [0.05, 0.1) is 6.42 Å². The molecule has 1 amide bonds. The van der Waals surface area contributed by atoms with Gasteiger partial charge in [-0.1, -0.05) is 12.1 Å². The van der Waals surface area contributed by atoms with Gasteiger partial charge in [0.1, 0.15) is 11.6 Å². The quantitative estimate of drug-likeness (QED) is 0.831. The van der Waals surface area contributed by atoms with Gasteiger partial charge >= 0.3 is 5.97 Å². The number of phenols is 1. The van der Waals surface area contributed by atoms with Crippen LogP contribution in [0.5, 0.6) is 5.75 Å². The average molecular weight is 317 g/mol. The highest BCUT2D eigenvalue weighted by molar-refractivity contribution is 5.95. The first-order valence-electron chi connectivity index (χ1n) is 6.98. The number of amides is 1. The van der Waals surface area contributed by atoms with E-state index in [2.05, 4.69) is 5.32 Å². The molecule has 0 radical (unpaired) electrons. The van der Waals surface area contributed by atoms with E-state index in [1.54, 1.807) is 12.1 Å². The fourth-order valence-electron chi connectivity index (χ4n) is 1.85. The Hall–Kier alpha value is -2.89. The van der Waals surface area contributed by atoms with E-state index >= 15 is 0 Å². The summed E-state index contributed by atoms with van der Waals surface area (Å²) in [5, 5.41) is 11.7. The summed E-state index contributed by atoms with van der Waals surface area (Å²) in [4.78, 5) is 23.7. The highest BCUT2D eigenvalue weighted by Crippen LogP contribution is 2.12. The Morgan fingerprint density at radius 2 is 1.74 bits per heavy atom. The van der Waals surface area contributed by atoms with E-state index in [1.807, 2.05) is 0 Å². The first kappa shape index (κ1) is 16.5. The van der Waals surface area contributed by atoms with Crippen molar-refractivity contribution in [1.29, 1.82) is 0 Å². The fourth-order valence-corrected chi connectivity index (χ4v) is 1.85. The number of esters is 1. The van der Waals surface area contributed by atoms with Crippen LogP contribution in [-0.4, -0.2) is 23.1 Å². The van der Waals surface area contributed by atoms with Crippen molar-refractivity contribution in [3.05, 3.63) is 59.9 Å². The van der Waals surface area contributed by atoms with Gasteiger partial charge in [0.15, 0.2) is 6.10 Å². The van der Waals surface area contributed by atoms with Crippen molar-refractivity contribution in [2.45, 2.75) is 19.4 Å². The van der Waals surface area contributed by atoms with Crippen molar-refractivity contribution in [1.82, 2.24) is 0 Å². The van der Waals surface area contributed by atoms with Gasteiger partial charge in [0.2, 0.25) is 0 Å². The molecule has 0 aromatic heterocycles. The van der Waals surface area contributed by atoms with Crippen molar-refractivity contribution < 1.29 is 23.8 Å². The molecular weight excluding hydrogens is 301 g/mol. The third kappa shape index (κ3) is 5.10. The van der Waals surface area contributed by atoms with E-state index in [9.17, 15) is 19.1 Å². The number of carbonyl (C=O) groups is 2. The zero-order valence-electron chi connectivity index (χ0n) is 12.5. The summed E-state index contributed by atoms with van der Waals surface area (Å²) in [6.45, 7) is 1.45. The average Bonchev–Trinajstić information content (AvgIpc) is 2.51. The number of aromatic hydroxyl groups is 1. The lowest BCUT2D eigenvalue weighted by Gasteiger charge is -2.13. The zero-order valence-corrected chi connectivity index (χ0v) is 12.5. The molecule has 5 nitrogen and oxygen atoms in total. The summed E-state index contributed by atoms with van der Waals surface area (Å²) in [6, 6.07) is 11.4. The number of anilines is 1. The summed E-state index contributed by atoms with van der Waals surface area (Å²) in [6.07, 6.45) is -0.987. The molecule has 2 rings (SSSR count). The predicted octanol–water partition coefficient (Wildman–Crippen LogP) is 2.64. The maximum Gasteiger partial charge on any atom is 0.311 e. The molecule has 0 aliphatic carbocycles. The monoisotopic (exact) mass is 317 g/mol. The van der Waals surface area contributed by atoms with Crippen molar-refractivity contribution in [2.75, 3.05) is 5.32 Å². The van der Waals surface area contributed by atoms with Crippen LogP contribution in [0.4, 0.5) is 10.1 Å². The molecule has 2 aromatic carbocycles. The summed E-state index contributed by atoms with van der Waals surface area (Å²) in [7, 11) is 0. The number of hydrogen-bond donors (Lipinski definition) is 2. The Morgan fingerprint density at radius 3 is 2.35 bits per heavy atom. The van der Waals surface area contributed by atoms with Crippen molar-refractivity contribution in [3.8, 4) is 5.75 Å². The first-order valence-corrected chi connectivity index (χ1v) is 6.98. The van der Waals surface area contributed by atoms with Gasteiger partial charge in [-0.25, -0.2) is 4.39 Å². The van der Waals surface area contributed by atoms with E-state index in [0.717, 1.165) is 0 Å². The van der Waals surface area contributed by atoms with Crippen LogP contribution >= 0.6 is 0 Å². The maximum atomic E-state index is 12.8. The van der Waals surface area contributed by atoms with Crippen molar-refractivity contribution in [2.24, 2.45) is 0 Å². The zero-order chi connectivity index (χ0) is 16.8. The first-order chi connectivity index (χ1) is 10.9. The standard InChI is InChI=1S/C17H16FNO4/c1-11(17(22)19-14-6-4-13(18)5-7-14)23-16(21)10-12-2-8-15(20)9-3-12/h2-9,11,20H,10H2,1H3,(H,19,22)/t11-/m0/s1. The minimum Gasteiger partial charge on any atom is -0.508 e. The summed E-state index contributed by atoms with van der Waals surface area (Å²) in [5.41, 5.74) is 1.08. The molecule has 0 aliphatic heterocycles. The summed E-state index contributed by atoms with van der Waals surface area (Å²) in [5.74, 6) is -1.36. The molecule has 23 heavy (non-hydrogen) atoms. The number of hydrogen-bond acceptors (Lipinski definition) is 4. The predicted molar refractivity (Wildman–Crippen MR) is 82.4 cm³/mol. The van der Waals surface area contributed by atoms with Gasteiger partial charge in [-0.05, 0) is 48.9 Å². The van der Waals surface area contributed by atoms with Crippen molar-refractivity contribution >= 4 is 17.6 Å². The normalized spacial score (nSPS) is 11.6. The molecule has 0 saturated heterocycles. The molecule has 1 atom stereocenters. The van der Waals surface area contributed by atoms with Crippen molar-refractivity contribution in [3.63, 3.8) is 0 Å². The third-order valence-electron chi connectivity index (χ3n) is 3.07. The Morgan fingerprint density at radius 1 is 1.13 bits per heavy atom. The number of nitrogens with one attached hydrogen (secondary N) is 1. The molecule has 0 saturated carbocycles. The Balaban J connectivity index is 1.86. The molecule has 0 bridgehead atoms. The second kappa shape index (κ2) is 7.40. The number of benzene rings is 2. The van der Waals surface area contributed by atoms with Gasteiger partial charge < -0.3 is 15.2 Å². The van der Waals surface area contributed by atoms with Crippen LogP contribution in [0.25, 0.3) is 0 Å². The number of rotatable bonds is 5. The molecule has 6 heteroatoms. The van der Waals surface area contributed by atoms with Gasteiger partial charge in [0, 0.05) is 5.69 Å². The molecule has 2 aromatic rings. The molecule has 0 aliphatic rings. The SMILES string of the molecule is C[C@H](OC(=O)Cc1ccc(O)cc1)C(=O)Nc1ccc(F)cc1. The Bertz CT molecular complexity index is 683. The lowest BCUT2D eigenvalue weighted by Crippen LogP contribution is -2.30. The molecule has 0 unspecified atom stereocenters. The lowest BCUT2D eigenvalue weighted by molar-refractivity contribution is -0.152. The number of halogens is 1. The van der Waals surface area contributed by atoms with Crippen LogP contribution in [0.15, 0.2) is 48.5 Å². The number of carbonyl (C=O) groups excluding carboxylic acids is 2. The van der Waals surface area contributed by atoms with E-state index in [-0.39, 0.29) is 12.2 Å². The second-order valence-corrected chi connectivity index (χ2v) is 4.97. The highest BCUT2D eigenvalue weighted by atomic mass is 19.1. The molecule has 0 spiro atoms. The number of ether oxygens (including phenoxy) is 1. The topological polar surface area (TPSA) is 75.6 Å². The van der Waals surface area contributed by atoms with E-state index in [0.29, 0.717) is 11.3 Å². The summed E-state index contributed by atoms with van der Waals surface area (Å²) < 4.78 is 17.8. The van der Waals surface area contributed by atoms with E-state index in [1.165, 1.54) is 43.3 Å². The largest absolute Gasteiger partial charge is 0.508 e. The van der Waals surface area contributed by atoms with Crippen LogP contribution in [0, 0.1) is 5.82 Å². The lowest BCUT2D eigenvalue weighted by atomic mass is 10.1. The maximum absolute atomic E-state index is 12.8. The third-order valence-corrected chi connectivity index (χ3v) is 3.07. The van der Waals surface area contributed by atoms with Gasteiger partial charge in [-0.3, -0.25) is 9.59 Å². The second-order valence-electron chi connectivity index (χ2n) is 4.97. The fraction of sp³-hybridized carbons (Fsp3) is 0.176. The van der Waals surface area contributed by atoms with Crippen LogP contribution in [-0.2, 0) is 20.7 Å². The Kier molecular flexibility index (Phi) is 5.30. The van der Waals surface area contributed by atoms with Gasteiger partial charge in [-0.15, -0.1) is 0 Å². The molecule has 2 N–H and O–H groups in total. The van der Waals surface area contributed by atoms with Crippen LogP contribution in [0.1, 0.15) is 12.5 Å².